The van der Waals surface area contributed by atoms with Crippen LogP contribution in [0.4, 0.5) is 16.2 Å². The van der Waals surface area contributed by atoms with Crippen molar-refractivity contribution in [1.82, 2.24) is 4.90 Å². The van der Waals surface area contributed by atoms with Crippen molar-refractivity contribution in [2.75, 3.05) is 49.6 Å². The Balaban J connectivity index is 1.72. The van der Waals surface area contributed by atoms with E-state index in [0.717, 1.165) is 36.4 Å². The highest BCUT2D eigenvalue weighted by Gasteiger charge is 2.30. The number of aliphatic hydroxyl groups excluding tert-OH is 1. The van der Waals surface area contributed by atoms with E-state index >= 15 is 0 Å². The monoisotopic (exact) mass is 405 g/mol. The van der Waals surface area contributed by atoms with Gasteiger partial charge < -0.3 is 29.3 Å². The van der Waals surface area contributed by atoms with E-state index < -0.39 is 5.60 Å². The Hall–Kier alpha value is -1.99. The number of anilines is 2. The van der Waals surface area contributed by atoms with Gasteiger partial charge >= 0.3 is 6.09 Å². The first-order valence-corrected chi connectivity index (χ1v) is 10.5. The highest BCUT2D eigenvalue weighted by molar-refractivity contribution is 5.69. The molecule has 2 atom stereocenters. The van der Waals surface area contributed by atoms with E-state index in [1.54, 1.807) is 12.0 Å². The molecule has 1 aromatic rings. The number of amides is 1. The summed E-state index contributed by atoms with van der Waals surface area (Å²) < 4.78 is 11.0. The first-order chi connectivity index (χ1) is 13.7. The van der Waals surface area contributed by atoms with Crippen molar-refractivity contribution in [3.63, 3.8) is 0 Å². The standard InChI is InChI=1S/C22H35N3O4/c1-16-13-24(21(27)29-22(2,3)4)10-11-25(16)18-6-7-20(17(12-18)15-28-5)23-9-8-19(26)14-23/h6-7,12,16,19,26H,8-11,13-15H2,1-5H3/t16-,19+/m0/s1. The molecule has 0 unspecified atom stereocenters. The summed E-state index contributed by atoms with van der Waals surface area (Å²) in [5, 5.41) is 9.89. The van der Waals surface area contributed by atoms with Crippen molar-refractivity contribution in [2.24, 2.45) is 0 Å². The summed E-state index contributed by atoms with van der Waals surface area (Å²) in [4.78, 5) is 18.8. The lowest BCUT2D eigenvalue weighted by Crippen LogP contribution is -2.54. The second kappa shape index (κ2) is 8.79. The molecule has 0 spiro atoms. The summed E-state index contributed by atoms with van der Waals surface area (Å²) in [6.07, 6.45) is 0.302. The number of nitrogens with zero attached hydrogens (tertiary/aromatic N) is 3. The Labute approximate surface area is 174 Å². The van der Waals surface area contributed by atoms with E-state index in [2.05, 4.69) is 34.9 Å². The van der Waals surface area contributed by atoms with Crippen LogP contribution in [0.2, 0.25) is 0 Å². The average molecular weight is 406 g/mol. The first-order valence-electron chi connectivity index (χ1n) is 10.5. The fraction of sp³-hybridized carbons (Fsp3) is 0.682. The van der Waals surface area contributed by atoms with Crippen LogP contribution in [0.15, 0.2) is 18.2 Å². The Bertz CT molecular complexity index is 718. The molecule has 0 saturated carbocycles. The third-order valence-corrected chi connectivity index (χ3v) is 5.48. The molecule has 1 aromatic carbocycles. The van der Waals surface area contributed by atoms with E-state index in [0.29, 0.717) is 26.2 Å². The number of piperazine rings is 1. The van der Waals surface area contributed by atoms with Crippen LogP contribution >= 0.6 is 0 Å². The minimum absolute atomic E-state index is 0.186. The van der Waals surface area contributed by atoms with E-state index in [1.807, 2.05) is 20.8 Å². The van der Waals surface area contributed by atoms with Gasteiger partial charge in [-0.2, -0.15) is 0 Å². The minimum Gasteiger partial charge on any atom is -0.444 e. The summed E-state index contributed by atoms with van der Waals surface area (Å²) in [5.74, 6) is 0. The Morgan fingerprint density at radius 3 is 2.55 bits per heavy atom. The van der Waals surface area contributed by atoms with Crippen molar-refractivity contribution >= 4 is 17.5 Å². The van der Waals surface area contributed by atoms with Crippen molar-refractivity contribution < 1.29 is 19.4 Å². The molecule has 7 nitrogen and oxygen atoms in total. The van der Waals surface area contributed by atoms with E-state index in [-0.39, 0.29) is 18.2 Å². The van der Waals surface area contributed by atoms with Gasteiger partial charge in [-0.3, -0.25) is 0 Å². The number of methoxy groups -OCH3 is 1. The molecule has 0 bridgehead atoms. The lowest BCUT2D eigenvalue weighted by molar-refractivity contribution is 0.0219. The van der Waals surface area contributed by atoms with Crippen LogP contribution in [0.5, 0.6) is 0 Å². The highest BCUT2D eigenvalue weighted by atomic mass is 16.6. The average Bonchev–Trinajstić information content (AvgIpc) is 3.06. The van der Waals surface area contributed by atoms with Gasteiger partial charge in [0.05, 0.1) is 12.7 Å². The summed E-state index contributed by atoms with van der Waals surface area (Å²) in [7, 11) is 1.71. The second-order valence-electron chi connectivity index (χ2n) is 9.10. The number of benzene rings is 1. The third-order valence-electron chi connectivity index (χ3n) is 5.48. The van der Waals surface area contributed by atoms with E-state index in [1.165, 1.54) is 0 Å². The maximum absolute atomic E-state index is 12.4. The number of ether oxygens (including phenoxy) is 2. The molecule has 1 amide bonds. The van der Waals surface area contributed by atoms with Gasteiger partial charge in [-0.15, -0.1) is 0 Å². The smallest absolute Gasteiger partial charge is 0.410 e. The minimum atomic E-state index is -0.481. The van der Waals surface area contributed by atoms with Crippen LogP contribution in [0.1, 0.15) is 39.7 Å². The molecule has 1 N–H and O–H groups in total. The molecule has 2 aliphatic rings. The number of hydrogen-bond donors (Lipinski definition) is 1. The molecule has 0 radical (unpaired) electrons. The topological polar surface area (TPSA) is 65.5 Å². The van der Waals surface area contributed by atoms with Crippen molar-refractivity contribution in [1.29, 1.82) is 0 Å². The molecule has 2 heterocycles. The number of carbonyl (C=O) groups excluding carboxylic acids is 1. The maximum Gasteiger partial charge on any atom is 0.410 e. The zero-order chi connectivity index (χ0) is 21.2. The predicted molar refractivity (Wildman–Crippen MR) is 115 cm³/mol. The molecule has 2 saturated heterocycles. The number of carbonyl (C=O) groups is 1. The van der Waals surface area contributed by atoms with E-state index in [9.17, 15) is 9.90 Å². The van der Waals surface area contributed by atoms with Crippen molar-refractivity contribution in [3.8, 4) is 0 Å². The third kappa shape index (κ3) is 5.34. The largest absolute Gasteiger partial charge is 0.444 e. The summed E-state index contributed by atoms with van der Waals surface area (Å²) in [5.41, 5.74) is 2.91. The van der Waals surface area contributed by atoms with Gasteiger partial charge in [-0.25, -0.2) is 4.79 Å². The SMILES string of the molecule is COCc1cc(N2CCN(C(=O)OC(C)(C)C)C[C@@H]2C)ccc1N1CC[C@@H](O)C1. The Kier molecular flexibility index (Phi) is 6.58. The van der Waals surface area contributed by atoms with Crippen LogP contribution in [0.3, 0.4) is 0 Å². The quantitative estimate of drug-likeness (QED) is 0.831. The number of rotatable bonds is 4. The molecular formula is C22H35N3O4. The number of aliphatic hydroxyl groups is 1. The van der Waals surface area contributed by atoms with Crippen molar-refractivity contribution in [3.05, 3.63) is 23.8 Å². The van der Waals surface area contributed by atoms with Gasteiger partial charge in [0.15, 0.2) is 0 Å². The normalized spacial score (nSPS) is 22.9. The van der Waals surface area contributed by atoms with Gasteiger partial charge in [-0.05, 0) is 52.3 Å². The van der Waals surface area contributed by atoms with Crippen molar-refractivity contribution in [2.45, 2.75) is 58.5 Å². The second-order valence-corrected chi connectivity index (χ2v) is 9.10. The molecule has 7 heteroatoms. The molecule has 0 aromatic heterocycles. The zero-order valence-electron chi connectivity index (χ0n) is 18.4. The maximum atomic E-state index is 12.4. The molecule has 0 aliphatic carbocycles. The highest BCUT2D eigenvalue weighted by Crippen LogP contribution is 2.31. The molecule has 162 valence electrons. The Morgan fingerprint density at radius 1 is 1.21 bits per heavy atom. The molecule has 3 rings (SSSR count). The lowest BCUT2D eigenvalue weighted by Gasteiger charge is -2.41. The number of hydrogen-bond acceptors (Lipinski definition) is 6. The number of β-amino-alcohol motifs (C(OH)–C–C–N with tert-alkyl or cyclic N) is 1. The van der Waals surface area contributed by atoms with Crippen LogP contribution < -0.4 is 9.80 Å². The first kappa shape index (κ1) is 21.7. The summed E-state index contributed by atoms with van der Waals surface area (Å²) in [6.45, 7) is 11.9. The van der Waals surface area contributed by atoms with Gasteiger partial charge in [0, 0.05) is 62.8 Å². The lowest BCUT2D eigenvalue weighted by atomic mass is 10.1. The van der Waals surface area contributed by atoms with Crippen LogP contribution in [0.25, 0.3) is 0 Å². The molecular weight excluding hydrogens is 370 g/mol. The van der Waals surface area contributed by atoms with Crippen LogP contribution in [-0.4, -0.2) is 73.7 Å². The zero-order valence-corrected chi connectivity index (χ0v) is 18.4. The molecule has 29 heavy (non-hydrogen) atoms. The van der Waals surface area contributed by atoms with Gasteiger partial charge in [0.1, 0.15) is 5.60 Å². The van der Waals surface area contributed by atoms with Crippen LogP contribution in [-0.2, 0) is 16.1 Å². The van der Waals surface area contributed by atoms with Crippen LogP contribution in [0, 0.1) is 0 Å². The fourth-order valence-electron chi connectivity index (χ4n) is 4.12. The summed E-state index contributed by atoms with van der Waals surface area (Å²) >= 11 is 0. The molecule has 2 fully saturated rings. The Morgan fingerprint density at radius 2 is 1.97 bits per heavy atom. The van der Waals surface area contributed by atoms with E-state index in [4.69, 9.17) is 9.47 Å². The summed E-state index contributed by atoms with van der Waals surface area (Å²) in [6, 6.07) is 6.64. The molecule has 2 aliphatic heterocycles. The van der Waals surface area contributed by atoms with Gasteiger partial charge in [0.25, 0.3) is 0 Å². The van der Waals surface area contributed by atoms with Gasteiger partial charge in [-0.1, -0.05) is 0 Å². The fourth-order valence-corrected chi connectivity index (χ4v) is 4.12. The predicted octanol–water partition coefficient (Wildman–Crippen LogP) is 2.85. The van der Waals surface area contributed by atoms with Gasteiger partial charge in [0.2, 0.25) is 0 Å².